The van der Waals surface area contributed by atoms with Crippen molar-refractivity contribution in [3.05, 3.63) is 54.6 Å². The quantitative estimate of drug-likeness (QED) is 0.473. The fraction of sp³-hybridized carbons (Fsp3) is 0.474. The molecule has 3 heteroatoms. The molecule has 5 rings (SSSR count). The Morgan fingerprint density at radius 2 is 1.82 bits per heavy atom. The van der Waals surface area contributed by atoms with Gasteiger partial charge in [0.15, 0.2) is 0 Å². The van der Waals surface area contributed by atoms with Gasteiger partial charge in [0.1, 0.15) is 5.75 Å². The van der Waals surface area contributed by atoms with Crippen LogP contribution in [0.2, 0.25) is 0 Å². The number of phenolic OH excluding ortho intramolecular Hbond substituents is 1. The zero-order valence-corrected chi connectivity index (χ0v) is 13.4. The van der Waals surface area contributed by atoms with Crippen molar-refractivity contribution >= 4 is 11.6 Å². The first-order valence-electron chi connectivity index (χ1n) is 8.04. The summed E-state index contributed by atoms with van der Waals surface area (Å²) in [7, 11) is 0. The molecule has 1 aromatic rings. The number of phenols is 1. The van der Waals surface area contributed by atoms with E-state index in [9.17, 15) is 0 Å². The van der Waals surface area contributed by atoms with Gasteiger partial charge in [0.2, 0.25) is 0 Å². The maximum Gasteiger partial charge on any atom is 0.115 e. The highest BCUT2D eigenvalue weighted by Crippen LogP contribution is 2.52. The molecule has 0 amide bonds. The molecule has 1 saturated heterocycles. The van der Waals surface area contributed by atoms with Gasteiger partial charge in [-0.15, -0.1) is 11.6 Å². The molecular weight excluding hydrogens is 296 g/mol. The monoisotopic (exact) mass is 318 g/mol. The second-order valence-corrected chi connectivity index (χ2v) is 6.61. The van der Waals surface area contributed by atoms with E-state index >= 15 is 0 Å². The van der Waals surface area contributed by atoms with Crippen LogP contribution in [0.25, 0.3) is 0 Å². The molecule has 2 nitrogen and oxygen atoms in total. The average Bonchev–Trinajstić information content (AvgIpc) is 2.96. The third kappa shape index (κ3) is 3.93. The summed E-state index contributed by atoms with van der Waals surface area (Å²) in [5, 5.41) is 8.63. The lowest BCUT2D eigenvalue weighted by atomic mass is 9.86. The number of rotatable bonds is 1. The van der Waals surface area contributed by atoms with Crippen LogP contribution in [-0.4, -0.2) is 23.7 Å². The minimum absolute atomic E-state index is 0.322. The number of benzene rings is 1. The number of fused-ring (bicyclic) bond motifs is 5. The smallest absolute Gasteiger partial charge is 0.115 e. The van der Waals surface area contributed by atoms with Crippen LogP contribution in [0.3, 0.4) is 0 Å². The summed E-state index contributed by atoms with van der Waals surface area (Å²) in [5.74, 6) is 4.81. The molecule has 0 radical (unpaired) electrons. The molecule has 5 atom stereocenters. The van der Waals surface area contributed by atoms with Crippen molar-refractivity contribution in [2.75, 3.05) is 12.5 Å². The number of ether oxygens (including phenoxy) is 1. The molecule has 0 spiro atoms. The third-order valence-electron chi connectivity index (χ3n) is 4.79. The van der Waals surface area contributed by atoms with Gasteiger partial charge in [0.25, 0.3) is 0 Å². The summed E-state index contributed by atoms with van der Waals surface area (Å²) >= 11 is 5.27. The van der Waals surface area contributed by atoms with Crippen molar-refractivity contribution in [3.63, 3.8) is 0 Å². The molecule has 1 aromatic carbocycles. The lowest BCUT2D eigenvalue weighted by Crippen LogP contribution is -2.12. The van der Waals surface area contributed by atoms with E-state index in [0.29, 0.717) is 17.7 Å². The van der Waals surface area contributed by atoms with Gasteiger partial charge >= 0.3 is 0 Å². The van der Waals surface area contributed by atoms with Crippen molar-refractivity contribution in [2.45, 2.75) is 18.9 Å². The van der Waals surface area contributed by atoms with Crippen LogP contribution in [0.15, 0.2) is 54.6 Å². The Morgan fingerprint density at radius 3 is 2.32 bits per heavy atom. The molecule has 118 valence electrons. The van der Waals surface area contributed by atoms with E-state index in [4.69, 9.17) is 21.4 Å². The summed E-state index contributed by atoms with van der Waals surface area (Å²) in [4.78, 5) is 0. The molecule has 5 unspecified atom stereocenters. The van der Waals surface area contributed by atoms with Crippen LogP contribution in [0, 0.1) is 23.7 Å². The van der Waals surface area contributed by atoms with Gasteiger partial charge in [-0.05, 0) is 48.6 Å². The van der Waals surface area contributed by atoms with E-state index < -0.39 is 0 Å². The fourth-order valence-corrected chi connectivity index (χ4v) is 3.74. The molecule has 0 aromatic heterocycles. The second-order valence-electron chi connectivity index (χ2n) is 6.30. The van der Waals surface area contributed by atoms with Gasteiger partial charge in [0, 0.05) is 0 Å². The molecule has 22 heavy (non-hydrogen) atoms. The van der Waals surface area contributed by atoms with Crippen LogP contribution < -0.4 is 0 Å². The lowest BCUT2D eigenvalue weighted by Gasteiger charge is -2.18. The Hall–Kier alpha value is -1.25. The van der Waals surface area contributed by atoms with Crippen LogP contribution in [0.1, 0.15) is 12.8 Å². The van der Waals surface area contributed by atoms with Crippen LogP contribution in [-0.2, 0) is 4.74 Å². The van der Waals surface area contributed by atoms with Gasteiger partial charge in [-0.2, -0.15) is 0 Å². The van der Waals surface area contributed by atoms with Gasteiger partial charge in [-0.3, -0.25) is 0 Å². The maximum atomic E-state index is 8.63. The number of hydrogen-bond acceptors (Lipinski definition) is 2. The summed E-state index contributed by atoms with van der Waals surface area (Å²) in [6, 6.07) is 8.71. The average molecular weight is 319 g/mol. The Morgan fingerprint density at radius 1 is 1.09 bits per heavy atom. The van der Waals surface area contributed by atoms with Gasteiger partial charge in [-0.1, -0.05) is 42.5 Å². The predicted octanol–water partition coefficient (Wildman–Crippen LogP) is 4.40. The van der Waals surface area contributed by atoms with Gasteiger partial charge in [0.05, 0.1) is 18.6 Å². The number of alkyl halides is 1. The minimum atomic E-state index is 0.322. The molecule has 2 bridgehead atoms. The highest BCUT2D eigenvalue weighted by molar-refractivity contribution is 6.18. The summed E-state index contributed by atoms with van der Waals surface area (Å²) in [6.45, 7) is 0.878. The summed E-state index contributed by atoms with van der Waals surface area (Å²) in [5.41, 5.74) is 0. The van der Waals surface area contributed by atoms with Gasteiger partial charge in [-0.25, -0.2) is 0 Å². The lowest BCUT2D eigenvalue weighted by molar-refractivity contribution is 0.398. The van der Waals surface area contributed by atoms with Crippen LogP contribution in [0.4, 0.5) is 0 Å². The van der Waals surface area contributed by atoms with Crippen molar-refractivity contribution in [2.24, 2.45) is 23.7 Å². The number of para-hydroxylation sites is 1. The fourth-order valence-electron chi connectivity index (χ4n) is 3.56. The molecule has 1 aliphatic heterocycles. The van der Waals surface area contributed by atoms with E-state index in [2.05, 4.69) is 24.3 Å². The van der Waals surface area contributed by atoms with E-state index in [1.54, 1.807) is 24.3 Å². The van der Waals surface area contributed by atoms with Crippen LogP contribution >= 0.6 is 11.6 Å². The van der Waals surface area contributed by atoms with E-state index in [1.165, 1.54) is 12.8 Å². The summed E-state index contributed by atoms with van der Waals surface area (Å²) < 4.78 is 4.73. The molecule has 3 aliphatic carbocycles. The Bertz CT molecular complexity index is 521. The normalized spacial score (nSPS) is 35.2. The molecule has 2 fully saturated rings. The third-order valence-corrected chi connectivity index (χ3v) is 5.13. The Kier molecular flexibility index (Phi) is 5.22. The zero-order valence-electron chi connectivity index (χ0n) is 12.6. The zero-order chi connectivity index (χ0) is 15.4. The largest absolute Gasteiger partial charge is 0.508 e. The topological polar surface area (TPSA) is 32.8 Å². The predicted molar refractivity (Wildman–Crippen MR) is 90.0 cm³/mol. The van der Waals surface area contributed by atoms with E-state index in [-0.39, 0.29) is 0 Å². The minimum Gasteiger partial charge on any atom is -0.508 e. The highest BCUT2D eigenvalue weighted by Gasteiger charge is 2.44. The standard InChI is InChI=1S/C10H12.C6H6O.C3H5ClO/c1-2-9-7-4-5-8(6-7)10(9)3-1;7-6-4-2-1-3-5-6;4-1-3-2-5-3/h1-2,4-5,7-10H,3,6H2;1-5,7H;3H,1-2H2. The van der Waals surface area contributed by atoms with E-state index in [0.717, 1.165) is 30.3 Å². The number of aromatic hydroxyl groups is 1. The number of epoxide rings is 1. The Labute approximate surface area is 137 Å². The van der Waals surface area contributed by atoms with Crippen LogP contribution in [0.5, 0.6) is 5.75 Å². The van der Waals surface area contributed by atoms with E-state index in [1.807, 2.05) is 6.07 Å². The molecule has 1 N–H and O–H groups in total. The first kappa shape index (κ1) is 15.6. The Balaban J connectivity index is 0.000000106. The first-order chi connectivity index (χ1) is 10.8. The number of allylic oxidation sites excluding steroid dienone is 4. The van der Waals surface area contributed by atoms with Crippen molar-refractivity contribution in [3.8, 4) is 5.75 Å². The molecule has 4 aliphatic rings. The first-order valence-corrected chi connectivity index (χ1v) is 8.58. The van der Waals surface area contributed by atoms with Crippen molar-refractivity contribution in [1.29, 1.82) is 0 Å². The highest BCUT2D eigenvalue weighted by atomic mass is 35.5. The molecule has 1 heterocycles. The summed E-state index contributed by atoms with van der Waals surface area (Å²) in [6.07, 6.45) is 12.9. The van der Waals surface area contributed by atoms with Gasteiger partial charge < -0.3 is 9.84 Å². The van der Waals surface area contributed by atoms with Crippen molar-refractivity contribution < 1.29 is 9.84 Å². The number of halogens is 1. The maximum absolute atomic E-state index is 8.63. The molecular formula is C19H23ClO2. The molecule has 1 saturated carbocycles. The van der Waals surface area contributed by atoms with Crippen molar-refractivity contribution in [1.82, 2.24) is 0 Å². The second kappa shape index (κ2) is 7.34. The number of hydrogen-bond donors (Lipinski definition) is 1. The SMILES string of the molecule is C1=CC2C3C=CC(C3)C2C1.ClCC1CO1.Oc1ccccc1.